The third-order valence-corrected chi connectivity index (χ3v) is 4.25. The molecule has 138 valence electrons. The summed E-state index contributed by atoms with van der Waals surface area (Å²) in [5.41, 5.74) is 1.04. The Hall–Kier alpha value is -3.70. The lowest BCUT2D eigenvalue weighted by molar-refractivity contribution is -0.384. The van der Waals surface area contributed by atoms with Gasteiger partial charge >= 0.3 is 0 Å². The fourth-order valence-electron chi connectivity index (χ4n) is 2.41. The third-order valence-electron chi connectivity index (χ3n) is 3.72. The fraction of sp³-hybridized carbons (Fsp3) is 0. The average molecular weight is 438 g/mol. The van der Waals surface area contributed by atoms with Crippen LogP contribution in [0.25, 0.3) is 16.9 Å². The van der Waals surface area contributed by atoms with Gasteiger partial charge in [-0.1, -0.05) is 28.1 Å². The fourth-order valence-corrected chi connectivity index (χ4v) is 2.68. The molecule has 2 aromatic carbocycles. The number of rotatable bonds is 5. The zero-order chi connectivity index (χ0) is 20.1. The number of benzene rings is 2. The molecule has 0 aliphatic rings. The molecule has 0 atom stereocenters. The lowest BCUT2D eigenvalue weighted by Crippen LogP contribution is -2.08. The topological polar surface area (TPSA) is 109 Å². The van der Waals surface area contributed by atoms with E-state index < -0.39 is 10.8 Å². The van der Waals surface area contributed by atoms with Crippen molar-refractivity contribution in [1.29, 1.82) is 5.26 Å². The molecule has 7 nitrogen and oxygen atoms in total. The number of halogens is 1. The number of non-ortho nitro benzene ring substituents is 1. The lowest BCUT2D eigenvalue weighted by atomic mass is 10.1. The number of nitrogens with zero attached hydrogens (tertiary/aromatic N) is 2. The van der Waals surface area contributed by atoms with Crippen LogP contribution in [0.3, 0.4) is 0 Å². The summed E-state index contributed by atoms with van der Waals surface area (Å²) in [5.74, 6) is 0.0651. The second-order valence-corrected chi connectivity index (χ2v) is 6.55. The van der Waals surface area contributed by atoms with Crippen LogP contribution in [0.1, 0.15) is 5.76 Å². The van der Waals surface area contributed by atoms with Crippen LogP contribution in [-0.2, 0) is 4.79 Å². The predicted molar refractivity (Wildman–Crippen MR) is 107 cm³/mol. The summed E-state index contributed by atoms with van der Waals surface area (Å²) >= 11 is 3.31. The third kappa shape index (κ3) is 4.52. The van der Waals surface area contributed by atoms with Crippen molar-refractivity contribution in [3.05, 3.63) is 87.1 Å². The SMILES string of the molecule is N#CC(=CC(=O)Nc1ccc(Br)cc1)c1ccc(-c2cccc([N+](=O)[O-])c2)o1. The van der Waals surface area contributed by atoms with Crippen molar-refractivity contribution in [1.82, 2.24) is 0 Å². The number of amides is 1. The highest BCUT2D eigenvalue weighted by molar-refractivity contribution is 9.10. The molecular formula is C20H12BrN3O4. The molecule has 0 aliphatic carbocycles. The summed E-state index contributed by atoms with van der Waals surface area (Å²) in [5, 5.41) is 22.9. The number of hydrogen-bond donors (Lipinski definition) is 1. The van der Waals surface area contributed by atoms with Crippen LogP contribution < -0.4 is 5.32 Å². The molecule has 0 radical (unpaired) electrons. The van der Waals surface area contributed by atoms with Crippen molar-refractivity contribution in [2.75, 3.05) is 5.32 Å². The number of nitrogens with one attached hydrogen (secondary N) is 1. The van der Waals surface area contributed by atoms with Crippen LogP contribution in [0, 0.1) is 21.4 Å². The van der Waals surface area contributed by atoms with Crippen LogP contribution in [0.4, 0.5) is 11.4 Å². The number of carbonyl (C=O) groups is 1. The molecule has 8 heteroatoms. The van der Waals surface area contributed by atoms with Crippen LogP contribution in [-0.4, -0.2) is 10.8 Å². The highest BCUT2D eigenvalue weighted by atomic mass is 79.9. The van der Waals surface area contributed by atoms with E-state index >= 15 is 0 Å². The number of carbonyl (C=O) groups excluding carboxylic acids is 1. The Bertz CT molecular complexity index is 1110. The minimum absolute atomic E-state index is 0.0336. The molecule has 0 saturated carbocycles. The maximum absolute atomic E-state index is 12.2. The number of furan rings is 1. The Morgan fingerprint density at radius 1 is 1.18 bits per heavy atom. The van der Waals surface area contributed by atoms with Gasteiger partial charge in [0.1, 0.15) is 23.2 Å². The van der Waals surface area contributed by atoms with E-state index in [9.17, 15) is 20.2 Å². The molecule has 0 spiro atoms. The summed E-state index contributed by atoms with van der Waals surface area (Å²) < 4.78 is 6.50. The zero-order valence-corrected chi connectivity index (χ0v) is 15.8. The molecule has 1 heterocycles. The van der Waals surface area contributed by atoms with Gasteiger partial charge in [0, 0.05) is 33.9 Å². The second kappa shape index (κ2) is 8.33. The van der Waals surface area contributed by atoms with Gasteiger partial charge in [-0.25, -0.2) is 0 Å². The molecule has 3 aromatic rings. The van der Waals surface area contributed by atoms with Crippen LogP contribution >= 0.6 is 15.9 Å². The van der Waals surface area contributed by atoms with E-state index in [0.29, 0.717) is 17.0 Å². The van der Waals surface area contributed by atoms with Crippen molar-refractivity contribution in [3.8, 4) is 17.4 Å². The molecule has 0 bridgehead atoms. The van der Waals surface area contributed by atoms with E-state index in [-0.39, 0.29) is 17.0 Å². The van der Waals surface area contributed by atoms with Gasteiger partial charge in [-0.15, -0.1) is 0 Å². The van der Waals surface area contributed by atoms with Crippen molar-refractivity contribution < 1.29 is 14.1 Å². The number of nitriles is 1. The van der Waals surface area contributed by atoms with Crippen LogP contribution in [0.2, 0.25) is 0 Å². The van der Waals surface area contributed by atoms with Gasteiger partial charge in [-0.05, 0) is 36.4 Å². The average Bonchev–Trinajstić information content (AvgIpc) is 3.18. The van der Waals surface area contributed by atoms with Crippen LogP contribution in [0.15, 0.2) is 75.6 Å². The van der Waals surface area contributed by atoms with E-state index in [2.05, 4.69) is 21.2 Å². The summed E-state index contributed by atoms with van der Waals surface area (Å²) in [7, 11) is 0. The van der Waals surface area contributed by atoms with Gasteiger partial charge in [0.25, 0.3) is 5.69 Å². The summed E-state index contributed by atoms with van der Waals surface area (Å²) in [6, 6.07) is 18.0. The Kier molecular flexibility index (Phi) is 5.67. The molecule has 28 heavy (non-hydrogen) atoms. The van der Waals surface area contributed by atoms with E-state index in [0.717, 1.165) is 10.5 Å². The molecule has 1 aromatic heterocycles. The molecule has 0 aliphatic heterocycles. The van der Waals surface area contributed by atoms with E-state index in [1.807, 2.05) is 6.07 Å². The minimum Gasteiger partial charge on any atom is -0.455 e. The number of anilines is 1. The number of nitro groups is 1. The van der Waals surface area contributed by atoms with Crippen molar-refractivity contribution in [3.63, 3.8) is 0 Å². The summed E-state index contributed by atoms with van der Waals surface area (Å²) in [6.45, 7) is 0. The maximum atomic E-state index is 12.2. The Labute approximate surface area is 168 Å². The van der Waals surface area contributed by atoms with Gasteiger partial charge in [-0.2, -0.15) is 5.26 Å². The summed E-state index contributed by atoms with van der Waals surface area (Å²) in [4.78, 5) is 22.6. The lowest BCUT2D eigenvalue weighted by Gasteiger charge is -2.02. The largest absolute Gasteiger partial charge is 0.455 e. The van der Waals surface area contributed by atoms with E-state index in [4.69, 9.17) is 4.42 Å². The first-order valence-electron chi connectivity index (χ1n) is 7.99. The smallest absolute Gasteiger partial charge is 0.270 e. The van der Waals surface area contributed by atoms with Gasteiger partial charge in [-0.3, -0.25) is 14.9 Å². The van der Waals surface area contributed by atoms with Gasteiger partial charge in [0.05, 0.1) is 4.92 Å². The molecular weight excluding hydrogens is 426 g/mol. The molecule has 3 rings (SSSR count). The van der Waals surface area contributed by atoms with Gasteiger partial charge in [0.15, 0.2) is 0 Å². The van der Waals surface area contributed by atoms with Crippen LogP contribution in [0.5, 0.6) is 0 Å². The first-order chi connectivity index (χ1) is 13.5. The number of hydrogen-bond acceptors (Lipinski definition) is 5. The Morgan fingerprint density at radius 3 is 2.61 bits per heavy atom. The number of allylic oxidation sites excluding steroid dienone is 1. The first-order valence-corrected chi connectivity index (χ1v) is 8.79. The predicted octanol–water partition coefficient (Wildman–Crippen LogP) is 5.16. The monoisotopic (exact) mass is 437 g/mol. The molecule has 0 fully saturated rings. The molecule has 0 saturated heterocycles. The minimum atomic E-state index is -0.500. The maximum Gasteiger partial charge on any atom is 0.270 e. The van der Waals surface area contributed by atoms with Crippen molar-refractivity contribution in [2.45, 2.75) is 0 Å². The van der Waals surface area contributed by atoms with E-state index in [1.54, 1.807) is 42.5 Å². The Balaban J connectivity index is 1.82. The van der Waals surface area contributed by atoms with Gasteiger partial charge < -0.3 is 9.73 Å². The van der Waals surface area contributed by atoms with Crippen molar-refractivity contribution in [2.24, 2.45) is 0 Å². The zero-order valence-electron chi connectivity index (χ0n) is 14.3. The Morgan fingerprint density at radius 2 is 1.93 bits per heavy atom. The molecule has 1 amide bonds. The quantitative estimate of drug-likeness (QED) is 0.256. The van der Waals surface area contributed by atoms with E-state index in [1.165, 1.54) is 18.2 Å². The highest BCUT2D eigenvalue weighted by Gasteiger charge is 2.13. The first kappa shape index (κ1) is 19.1. The number of nitro benzene ring substituents is 1. The van der Waals surface area contributed by atoms with Gasteiger partial charge in [0.2, 0.25) is 5.91 Å². The second-order valence-electron chi connectivity index (χ2n) is 5.64. The highest BCUT2D eigenvalue weighted by Crippen LogP contribution is 2.28. The standard InChI is InChI=1S/C20H12BrN3O4/c21-15-4-6-16(7-5-15)23-20(25)11-14(12-22)19-9-8-18(28-19)13-2-1-3-17(10-13)24(26)27/h1-11H,(H,23,25). The molecule has 0 unspecified atom stereocenters. The van der Waals surface area contributed by atoms with Crippen molar-refractivity contribution >= 4 is 38.8 Å². The normalized spacial score (nSPS) is 10.9. The molecule has 1 N–H and O–H groups in total. The summed E-state index contributed by atoms with van der Waals surface area (Å²) in [6.07, 6.45) is 1.14.